The van der Waals surface area contributed by atoms with Crippen molar-refractivity contribution in [3.05, 3.63) is 59.0 Å². The van der Waals surface area contributed by atoms with Gasteiger partial charge in [0.1, 0.15) is 0 Å². The third-order valence-corrected chi connectivity index (χ3v) is 9.60. The fourth-order valence-corrected chi connectivity index (χ4v) is 6.87. The van der Waals surface area contributed by atoms with Crippen molar-refractivity contribution < 1.29 is 14.4 Å². The van der Waals surface area contributed by atoms with E-state index in [-0.39, 0.29) is 17.0 Å². The summed E-state index contributed by atoms with van der Waals surface area (Å²) in [6, 6.07) is 17.6. The number of nitrogens with zero attached hydrogens (tertiary/aromatic N) is 1. The number of benzene rings is 2. The van der Waals surface area contributed by atoms with E-state index in [1.165, 1.54) is 30.7 Å². The van der Waals surface area contributed by atoms with Crippen molar-refractivity contribution in [2.24, 2.45) is 0 Å². The fourth-order valence-electron chi connectivity index (χ4n) is 4.08. The highest BCUT2D eigenvalue weighted by molar-refractivity contribution is 7.99. The van der Waals surface area contributed by atoms with Crippen LogP contribution in [0.5, 0.6) is 0 Å². The first kappa shape index (κ1) is 25.5. The Morgan fingerprint density at radius 1 is 0.853 bits per heavy atom. The number of hydrogen-bond donors (Lipinski definition) is 2. The zero-order valence-corrected chi connectivity index (χ0v) is 23.3. The van der Waals surface area contributed by atoms with Crippen LogP contribution in [0.25, 0.3) is 10.4 Å². The summed E-state index contributed by atoms with van der Waals surface area (Å²) in [5, 5.41) is 0. The summed E-state index contributed by atoms with van der Waals surface area (Å²) in [5.74, 6) is 0. The molecular formula is C27H34NO3PS2. The lowest BCUT2D eigenvalue weighted by Crippen LogP contribution is -2.23. The first-order chi connectivity index (χ1) is 15.7. The van der Waals surface area contributed by atoms with E-state index in [0.717, 1.165) is 11.4 Å². The van der Waals surface area contributed by atoms with Gasteiger partial charge in [-0.05, 0) is 64.8 Å². The molecule has 182 valence electrons. The first-order valence-electron chi connectivity index (χ1n) is 11.6. The molecule has 0 aliphatic carbocycles. The predicted octanol–water partition coefficient (Wildman–Crippen LogP) is 8.18. The highest BCUT2D eigenvalue weighted by Crippen LogP contribution is 2.51. The maximum Gasteiger partial charge on any atom is 0.325 e. The normalized spacial score (nSPS) is 14.2. The molecule has 0 amide bonds. The third kappa shape index (κ3) is 5.63. The molecule has 0 fully saturated rings. The Morgan fingerprint density at radius 2 is 1.50 bits per heavy atom. The van der Waals surface area contributed by atoms with Crippen LogP contribution in [0, 0.1) is 0 Å². The van der Waals surface area contributed by atoms with Crippen LogP contribution in [0.15, 0.2) is 58.3 Å². The van der Waals surface area contributed by atoms with Crippen LogP contribution in [-0.2, 0) is 15.4 Å². The van der Waals surface area contributed by atoms with Crippen molar-refractivity contribution in [3.8, 4) is 10.4 Å². The van der Waals surface area contributed by atoms with E-state index in [1.54, 1.807) is 11.8 Å². The molecule has 3 aromatic rings. The van der Waals surface area contributed by atoms with Gasteiger partial charge >= 0.3 is 7.60 Å². The molecule has 0 atom stereocenters. The summed E-state index contributed by atoms with van der Waals surface area (Å²) < 4.78 is 11.5. The number of thiophene rings is 1. The van der Waals surface area contributed by atoms with E-state index < -0.39 is 7.60 Å². The van der Waals surface area contributed by atoms with Crippen LogP contribution in [0.1, 0.15) is 58.4 Å². The van der Waals surface area contributed by atoms with Gasteiger partial charge in [0.2, 0.25) is 0 Å². The van der Waals surface area contributed by atoms with Crippen molar-refractivity contribution in [2.75, 3.05) is 17.6 Å². The third-order valence-electron chi connectivity index (χ3n) is 6.05. The quantitative estimate of drug-likeness (QED) is 0.336. The summed E-state index contributed by atoms with van der Waals surface area (Å²) in [6.45, 7) is 13.9. The summed E-state index contributed by atoms with van der Waals surface area (Å²) in [7, 11) is -4.02. The molecule has 1 aromatic heterocycles. The van der Waals surface area contributed by atoms with Crippen molar-refractivity contribution in [3.63, 3.8) is 0 Å². The molecule has 2 N–H and O–H groups in total. The number of hydrogen-bond acceptors (Lipinski definition) is 4. The lowest BCUT2D eigenvalue weighted by atomic mass is 9.87. The van der Waals surface area contributed by atoms with Crippen molar-refractivity contribution in [2.45, 2.75) is 68.6 Å². The van der Waals surface area contributed by atoms with Crippen LogP contribution >= 0.6 is 30.7 Å². The van der Waals surface area contributed by atoms with Crippen LogP contribution in [0.3, 0.4) is 0 Å². The van der Waals surface area contributed by atoms with E-state index in [9.17, 15) is 14.4 Å². The standard InChI is InChI=1S/C27H34NO3PS2/c1-26(2,3)19-9-11-21-24(17-19)33-23-16-18(22-12-13-25(34-22)27(4,5)6)8-10-20(23)28(21)14-7-15-32(29,30)31/h8-13,16-17H,7,14-15H2,1-6H3,(H2,29,30,31). The Hall–Kier alpha value is -1.56. The van der Waals surface area contributed by atoms with E-state index in [1.807, 2.05) is 11.3 Å². The van der Waals surface area contributed by atoms with Gasteiger partial charge in [-0.1, -0.05) is 65.4 Å². The minimum Gasteiger partial charge on any atom is -0.340 e. The number of rotatable bonds is 5. The van der Waals surface area contributed by atoms with Gasteiger partial charge in [-0.2, -0.15) is 0 Å². The summed E-state index contributed by atoms with van der Waals surface area (Å²) in [6.07, 6.45) is 0.320. The predicted molar refractivity (Wildman–Crippen MR) is 146 cm³/mol. The fraction of sp³-hybridized carbons (Fsp3) is 0.407. The summed E-state index contributed by atoms with van der Waals surface area (Å²) in [4.78, 5) is 26.0. The van der Waals surface area contributed by atoms with E-state index in [2.05, 4.69) is 95.0 Å². The second-order valence-electron chi connectivity index (χ2n) is 11.0. The Bertz CT molecular complexity index is 1250. The molecule has 0 radical (unpaired) electrons. The van der Waals surface area contributed by atoms with Gasteiger partial charge < -0.3 is 14.7 Å². The molecule has 0 unspecified atom stereocenters. The highest BCUT2D eigenvalue weighted by Gasteiger charge is 2.27. The summed E-state index contributed by atoms with van der Waals surface area (Å²) in [5.41, 5.74) is 4.87. The van der Waals surface area contributed by atoms with Gasteiger partial charge in [-0.25, -0.2) is 0 Å². The van der Waals surface area contributed by atoms with E-state index >= 15 is 0 Å². The van der Waals surface area contributed by atoms with Gasteiger partial charge in [0, 0.05) is 26.1 Å². The van der Waals surface area contributed by atoms with Gasteiger partial charge in [-0.15, -0.1) is 11.3 Å². The van der Waals surface area contributed by atoms with Gasteiger partial charge in [0.15, 0.2) is 0 Å². The molecular weight excluding hydrogens is 481 g/mol. The van der Waals surface area contributed by atoms with Gasteiger partial charge in [0.05, 0.1) is 17.5 Å². The highest BCUT2D eigenvalue weighted by atomic mass is 32.2. The molecule has 1 aliphatic rings. The Labute approximate surface area is 211 Å². The molecule has 7 heteroatoms. The molecule has 1 aliphatic heterocycles. The van der Waals surface area contributed by atoms with Crippen molar-refractivity contribution in [1.82, 2.24) is 0 Å². The van der Waals surface area contributed by atoms with Crippen molar-refractivity contribution >= 4 is 42.1 Å². The lowest BCUT2D eigenvalue weighted by molar-refractivity contribution is 0.372. The minimum absolute atomic E-state index is 0.0449. The first-order valence-corrected chi connectivity index (χ1v) is 15.0. The van der Waals surface area contributed by atoms with Crippen LogP contribution in [-0.4, -0.2) is 22.5 Å². The van der Waals surface area contributed by atoms with Crippen LogP contribution in [0.4, 0.5) is 11.4 Å². The average Bonchev–Trinajstić information content (AvgIpc) is 3.22. The maximum atomic E-state index is 11.5. The molecule has 0 saturated carbocycles. The molecule has 0 saturated heterocycles. The molecule has 0 spiro atoms. The van der Waals surface area contributed by atoms with Gasteiger partial charge in [-0.3, -0.25) is 4.57 Å². The molecule has 2 aromatic carbocycles. The van der Waals surface area contributed by atoms with E-state index in [4.69, 9.17) is 0 Å². The van der Waals surface area contributed by atoms with Crippen LogP contribution < -0.4 is 4.90 Å². The Morgan fingerprint density at radius 3 is 2.09 bits per heavy atom. The largest absolute Gasteiger partial charge is 0.340 e. The Balaban J connectivity index is 1.73. The number of anilines is 2. The average molecular weight is 516 g/mol. The monoisotopic (exact) mass is 515 g/mol. The SMILES string of the molecule is CC(C)(C)c1ccc2c(c1)Sc1cc(-c3ccc(C(C)(C)C)s3)ccc1N2CCCP(=O)(O)O. The number of fused-ring (bicyclic) bond motifs is 2. The molecule has 0 bridgehead atoms. The lowest BCUT2D eigenvalue weighted by Gasteiger charge is -2.34. The maximum absolute atomic E-state index is 11.5. The molecule has 4 rings (SSSR count). The summed E-state index contributed by atoms with van der Waals surface area (Å²) >= 11 is 3.63. The topological polar surface area (TPSA) is 60.8 Å². The zero-order chi connectivity index (χ0) is 24.9. The van der Waals surface area contributed by atoms with E-state index in [0.29, 0.717) is 13.0 Å². The zero-order valence-electron chi connectivity index (χ0n) is 20.8. The molecule has 2 heterocycles. The van der Waals surface area contributed by atoms with Gasteiger partial charge in [0.25, 0.3) is 0 Å². The second-order valence-corrected chi connectivity index (χ2v) is 15.0. The van der Waals surface area contributed by atoms with Crippen LogP contribution in [0.2, 0.25) is 0 Å². The molecule has 34 heavy (non-hydrogen) atoms. The smallest absolute Gasteiger partial charge is 0.325 e. The second kappa shape index (κ2) is 9.15. The van der Waals surface area contributed by atoms with Crippen molar-refractivity contribution in [1.29, 1.82) is 0 Å². The molecule has 4 nitrogen and oxygen atoms in total. The minimum atomic E-state index is -4.02. The Kier molecular flexibility index (Phi) is 6.87.